The molecule has 2 aromatic carbocycles. The zero-order valence-electron chi connectivity index (χ0n) is 12.3. The molecule has 6 nitrogen and oxygen atoms in total. The second-order valence-electron chi connectivity index (χ2n) is 4.65. The van der Waals surface area contributed by atoms with Gasteiger partial charge in [-0.3, -0.25) is 14.9 Å². The highest BCUT2D eigenvalue weighted by Gasteiger charge is 2.17. The number of benzene rings is 2. The summed E-state index contributed by atoms with van der Waals surface area (Å²) in [6.45, 7) is 2.04. The van der Waals surface area contributed by atoms with Gasteiger partial charge in [0.2, 0.25) is 0 Å². The molecule has 2 rings (SSSR count). The number of nitrogens with one attached hydrogen (secondary N) is 1. The first-order valence-electron chi connectivity index (χ1n) is 6.78. The van der Waals surface area contributed by atoms with Gasteiger partial charge in [0, 0.05) is 17.8 Å². The molecule has 1 amide bonds. The van der Waals surface area contributed by atoms with Crippen LogP contribution < -0.4 is 10.1 Å². The minimum atomic E-state index is -0.549. The van der Waals surface area contributed by atoms with Gasteiger partial charge in [-0.1, -0.05) is 19.1 Å². The molecule has 0 spiro atoms. The smallest absolute Gasteiger partial charge is 0.270 e. The van der Waals surface area contributed by atoms with Gasteiger partial charge in [0.1, 0.15) is 5.75 Å². The first kappa shape index (κ1) is 15.5. The highest BCUT2D eigenvalue weighted by atomic mass is 16.6. The molecule has 0 radical (unpaired) electrons. The Morgan fingerprint density at radius 3 is 2.45 bits per heavy atom. The van der Waals surface area contributed by atoms with E-state index in [-0.39, 0.29) is 17.0 Å². The summed E-state index contributed by atoms with van der Waals surface area (Å²) in [5.74, 6) is -0.168. The number of hydrogen-bond acceptors (Lipinski definition) is 4. The predicted molar refractivity (Wildman–Crippen MR) is 83.4 cm³/mol. The van der Waals surface area contributed by atoms with Gasteiger partial charge in [-0.15, -0.1) is 0 Å². The van der Waals surface area contributed by atoms with Crippen molar-refractivity contribution in [2.75, 3.05) is 12.4 Å². The molecule has 1 N–H and O–H groups in total. The fourth-order valence-corrected chi connectivity index (χ4v) is 2.01. The highest BCUT2D eigenvalue weighted by molar-refractivity contribution is 6.06. The maximum absolute atomic E-state index is 12.3. The van der Waals surface area contributed by atoms with Crippen LogP contribution in [0.3, 0.4) is 0 Å². The number of nitro benzene ring substituents is 1. The van der Waals surface area contributed by atoms with E-state index in [4.69, 9.17) is 4.74 Å². The molecule has 0 aliphatic rings. The van der Waals surface area contributed by atoms with Crippen LogP contribution in [0.25, 0.3) is 0 Å². The fourth-order valence-electron chi connectivity index (χ4n) is 2.01. The van der Waals surface area contributed by atoms with E-state index < -0.39 is 10.8 Å². The van der Waals surface area contributed by atoms with Gasteiger partial charge in [0.25, 0.3) is 11.6 Å². The van der Waals surface area contributed by atoms with Crippen molar-refractivity contribution >= 4 is 17.3 Å². The SMILES string of the molecule is CCc1ccc(NC(=O)c2cc([N+](=O)[O-])ccc2OC)cc1. The molecule has 0 aliphatic carbocycles. The van der Waals surface area contributed by atoms with Crippen LogP contribution in [-0.2, 0) is 6.42 Å². The number of non-ortho nitro benzene ring substituents is 1. The molecule has 2 aromatic rings. The molecule has 114 valence electrons. The van der Waals surface area contributed by atoms with Crippen molar-refractivity contribution in [3.05, 3.63) is 63.7 Å². The van der Waals surface area contributed by atoms with E-state index in [1.807, 2.05) is 19.1 Å². The lowest BCUT2D eigenvalue weighted by molar-refractivity contribution is -0.384. The molecule has 22 heavy (non-hydrogen) atoms. The third-order valence-electron chi connectivity index (χ3n) is 3.26. The third-order valence-corrected chi connectivity index (χ3v) is 3.26. The highest BCUT2D eigenvalue weighted by Crippen LogP contribution is 2.25. The molecule has 0 atom stereocenters. The number of hydrogen-bond donors (Lipinski definition) is 1. The summed E-state index contributed by atoms with van der Waals surface area (Å²) in [6, 6.07) is 11.3. The Morgan fingerprint density at radius 1 is 1.23 bits per heavy atom. The molecule has 0 fully saturated rings. The Labute approximate surface area is 127 Å². The minimum Gasteiger partial charge on any atom is -0.496 e. The summed E-state index contributed by atoms with van der Waals surface area (Å²) >= 11 is 0. The Bertz CT molecular complexity index is 696. The average molecular weight is 300 g/mol. The van der Waals surface area contributed by atoms with Crippen molar-refractivity contribution in [2.24, 2.45) is 0 Å². The second-order valence-corrected chi connectivity index (χ2v) is 4.65. The molecule has 0 saturated heterocycles. The van der Waals surface area contributed by atoms with Crippen LogP contribution in [0, 0.1) is 10.1 Å². The number of amides is 1. The predicted octanol–water partition coefficient (Wildman–Crippen LogP) is 3.42. The number of methoxy groups -OCH3 is 1. The Kier molecular flexibility index (Phi) is 4.73. The van der Waals surface area contributed by atoms with Crippen molar-refractivity contribution in [1.82, 2.24) is 0 Å². The summed E-state index contributed by atoms with van der Waals surface area (Å²) in [4.78, 5) is 22.6. The van der Waals surface area contributed by atoms with E-state index in [2.05, 4.69) is 5.32 Å². The topological polar surface area (TPSA) is 81.5 Å². The van der Waals surface area contributed by atoms with Gasteiger partial charge < -0.3 is 10.1 Å². The number of carbonyl (C=O) groups is 1. The van der Waals surface area contributed by atoms with E-state index in [1.165, 1.54) is 25.3 Å². The van der Waals surface area contributed by atoms with Crippen molar-refractivity contribution in [2.45, 2.75) is 13.3 Å². The standard InChI is InChI=1S/C16H16N2O4/c1-3-11-4-6-12(7-5-11)17-16(19)14-10-13(18(20)21)8-9-15(14)22-2/h4-10H,3H2,1-2H3,(H,17,19). The molecule has 0 aliphatic heterocycles. The van der Waals surface area contributed by atoms with E-state index in [9.17, 15) is 14.9 Å². The van der Waals surface area contributed by atoms with Crippen LogP contribution in [0.1, 0.15) is 22.8 Å². The summed E-state index contributed by atoms with van der Waals surface area (Å²) in [5, 5.41) is 13.5. The van der Waals surface area contributed by atoms with Crippen molar-refractivity contribution in [1.29, 1.82) is 0 Å². The first-order valence-corrected chi connectivity index (χ1v) is 6.78. The van der Waals surface area contributed by atoms with Gasteiger partial charge in [-0.25, -0.2) is 0 Å². The van der Waals surface area contributed by atoms with E-state index in [0.29, 0.717) is 5.69 Å². The quantitative estimate of drug-likeness (QED) is 0.677. The average Bonchev–Trinajstić information content (AvgIpc) is 2.54. The number of ether oxygens (including phenoxy) is 1. The van der Waals surface area contributed by atoms with Crippen LogP contribution in [0.15, 0.2) is 42.5 Å². The van der Waals surface area contributed by atoms with Gasteiger partial charge in [-0.05, 0) is 30.2 Å². The van der Waals surface area contributed by atoms with Crippen LogP contribution in [0.5, 0.6) is 5.75 Å². The summed E-state index contributed by atoms with van der Waals surface area (Å²) in [6.07, 6.45) is 0.910. The van der Waals surface area contributed by atoms with Gasteiger partial charge >= 0.3 is 0 Å². The number of rotatable bonds is 5. The molecule has 0 bridgehead atoms. The van der Waals surface area contributed by atoms with Crippen LogP contribution in [0.4, 0.5) is 11.4 Å². The summed E-state index contributed by atoms with van der Waals surface area (Å²) in [7, 11) is 1.41. The number of nitrogens with zero attached hydrogens (tertiary/aromatic N) is 1. The van der Waals surface area contributed by atoms with Crippen molar-refractivity contribution in [3.63, 3.8) is 0 Å². The zero-order valence-corrected chi connectivity index (χ0v) is 12.3. The number of aryl methyl sites for hydroxylation is 1. The molecule has 0 unspecified atom stereocenters. The Morgan fingerprint density at radius 2 is 1.91 bits per heavy atom. The minimum absolute atomic E-state index is 0.122. The molecule has 0 saturated carbocycles. The fraction of sp³-hybridized carbons (Fsp3) is 0.188. The second kappa shape index (κ2) is 6.71. The largest absolute Gasteiger partial charge is 0.496 e. The monoisotopic (exact) mass is 300 g/mol. The lowest BCUT2D eigenvalue weighted by Gasteiger charge is -2.09. The lowest BCUT2D eigenvalue weighted by atomic mass is 10.1. The molecule has 0 heterocycles. The zero-order chi connectivity index (χ0) is 16.1. The Balaban J connectivity index is 2.27. The number of nitro groups is 1. The van der Waals surface area contributed by atoms with Crippen molar-refractivity contribution in [3.8, 4) is 5.75 Å². The molecule has 0 aromatic heterocycles. The van der Waals surface area contributed by atoms with E-state index in [0.717, 1.165) is 12.0 Å². The van der Waals surface area contributed by atoms with Gasteiger partial charge in [0.15, 0.2) is 0 Å². The lowest BCUT2D eigenvalue weighted by Crippen LogP contribution is -2.13. The number of carbonyl (C=O) groups excluding carboxylic acids is 1. The van der Waals surface area contributed by atoms with E-state index >= 15 is 0 Å². The van der Waals surface area contributed by atoms with Crippen LogP contribution in [0.2, 0.25) is 0 Å². The maximum atomic E-state index is 12.3. The maximum Gasteiger partial charge on any atom is 0.270 e. The van der Waals surface area contributed by atoms with Crippen LogP contribution >= 0.6 is 0 Å². The normalized spacial score (nSPS) is 10.1. The number of anilines is 1. The van der Waals surface area contributed by atoms with Crippen LogP contribution in [-0.4, -0.2) is 17.9 Å². The van der Waals surface area contributed by atoms with Gasteiger partial charge in [0.05, 0.1) is 17.6 Å². The third kappa shape index (κ3) is 3.41. The first-order chi connectivity index (χ1) is 10.5. The van der Waals surface area contributed by atoms with Crippen molar-refractivity contribution < 1.29 is 14.5 Å². The Hall–Kier alpha value is -2.89. The van der Waals surface area contributed by atoms with E-state index in [1.54, 1.807) is 12.1 Å². The van der Waals surface area contributed by atoms with Gasteiger partial charge in [-0.2, -0.15) is 0 Å². The summed E-state index contributed by atoms with van der Waals surface area (Å²) in [5.41, 5.74) is 1.74. The molecule has 6 heteroatoms. The molecular weight excluding hydrogens is 284 g/mol. The molecular formula is C16H16N2O4. The summed E-state index contributed by atoms with van der Waals surface area (Å²) < 4.78 is 5.09.